The van der Waals surface area contributed by atoms with Gasteiger partial charge in [-0.05, 0) is 36.8 Å². The summed E-state index contributed by atoms with van der Waals surface area (Å²) in [5.74, 6) is 0.330. The lowest BCUT2D eigenvalue weighted by molar-refractivity contribution is -0.124. The Morgan fingerprint density at radius 3 is 2.26 bits per heavy atom. The summed E-state index contributed by atoms with van der Waals surface area (Å²) in [7, 11) is 0. The zero-order valence-electron chi connectivity index (χ0n) is 13.4. The average molecular weight is 309 g/mol. The molecular formula is C20H23NO2. The molecule has 1 amide bonds. The number of nitrogens with one attached hydrogen (secondary N) is 1. The van der Waals surface area contributed by atoms with Crippen molar-refractivity contribution in [2.75, 3.05) is 6.54 Å². The predicted octanol–water partition coefficient (Wildman–Crippen LogP) is 3.20. The maximum Gasteiger partial charge on any atom is 0.227 e. The molecule has 1 fully saturated rings. The van der Waals surface area contributed by atoms with Crippen LogP contribution >= 0.6 is 0 Å². The molecule has 0 saturated heterocycles. The molecule has 1 aliphatic carbocycles. The highest BCUT2D eigenvalue weighted by atomic mass is 16.3. The van der Waals surface area contributed by atoms with Crippen LogP contribution in [-0.2, 0) is 10.4 Å². The third-order valence-electron chi connectivity index (χ3n) is 4.54. The summed E-state index contributed by atoms with van der Waals surface area (Å²) < 4.78 is 0. The average Bonchev–Trinajstić information content (AvgIpc) is 3.40. The van der Waals surface area contributed by atoms with Crippen LogP contribution in [0, 0.1) is 5.92 Å². The highest BCUT2D eigenvalue weighted by Crippen LogP contribution is 2.42. The number of carbonyl (C=O) groups excluding carboxylic acids is 1. The molecule has 0 heterocycles. The summed E-state index contributed by atoms with van der Waals surface area (Å²) in [6, 6.07) is 19.4. The Kier molecular flexibility index (Phi) is 4.49. The third-order valence-corrected chi connectivity index (χ3v) is 4.54. The van der Waals surface area contributed by atoms with E-state index in [0.29, 0.717) is 5.92 Å². The highest BCUT2D eigenvalue weighted by molar-refractivity contribution is 5.84. The summed E-state index contributed by atoms with van der Waals surface area (Å²) in [6.07, 6.45) is 2.20. The summed E-state index contributed by atoms with van der Waals surface area (Å²) in [6.45, 7) is 1.95. The minimum atomic E-state index is -1.07. The standard InChI is InChI=1S/C20H23NO2/c1-20(23,17-10-6-3-7-11-17)14-21-19(22)18(16-12-13-16)15-8-4-2-5-9-15/h2-11,16,18,23H,12-14H2,1H3,(H,21,22). The van der Waals surface area contributed by atoms with Crippen LogP contribution in [0.1, 0.15) is 36.8 Å². The fourth-order valence-electron chi connectivity index (χ4n) is 3.00. The van der Waals surface area contributed by atoms with Crippen molar-refractivity contribution in [3.05, 3.63) is 71.8 Å². The van der Waals surface area contributed by atoms with E-state index >= 15 is 0 Å². The molecule has 2 atom stereocenters. The molecule has 0 spiro atoms. The first-order valence-electron chi connectivity index (χ1n) is 8.18. The predicted molar refractivity (Wildman–Crippen MR) is 90.9 cm³/mol. The lowest BCUT2D eigenvalue weighted by Gasteiger charge is -2.26. The van der Waals surface area contributed by atoms with Crippen molar-refractivity contribution >= 4 is 5.91 Å². The molecule has 2 unspecified atom stereocenters. The van der Waals surface area contributed by atoms with Crippen LogP contribution in [0.15, 0.2) is 60.7 Å². The summed E-state index contributed by atoms with van der Waals surface area (Å²) in [4.78, 5) is 12.7. The molecule has 2 N–H and O–H groups in total. The van der Waals surface area contributed by atoms with Crippen LogP contribution in [0.3, 0.4) is 0 Å². The summed E-state index contributed by atoms with van der Waals surface area (Å²) in [5, 5.41) is 13.6. The van der Waals surface area contributed by atoms with E-state index in [9.17, 15) is 9.90 Å². The number of hydrogen-bond acceptors (Lipinski definition) is 2. The Hall–Kier alpha value is -2.13. The van der Waals surface area contributed by atoms with Crippen molar-refractivity contribution in [3.8, 4) is 0 Å². The van der Waals surface area contributed by atoms with Crippen LogP contribution in [0.25, 0.3) is 0 Å². The lowest BCUT2D eigenvalue weighted by Crippen LogP contribution is -2.41. The molecule has 2 aromatic carbocycles. The monoisotopic (exact) mass is 309 g/mol. The summed E-state index contributed by atoms with van der Waals surface area (Å²) in [5.41, 5.74) is 0.802. The zero-order valence-corrected chi connectivity index (χ0v) is 13.4. The molecule has 120 valence electrons. The van der Waals surface area contributed by atoms with Crippen LogP contribution < -0.4 is 5.32 Å². The molecule has 0 radical (unpaired) electrons. The van der Waals surface area contributed by atoms with Crippen molar-refractivity contribution in [3.63, 3.8) is 0 Å². The van der Waals surface area contributed by atoms with Crippen molar-refractivity contribution < 1.29 is 9.90 Å². The quantitative estimate of drug-likeness (QED) is 0.861. The van der Waals surface area contributed by atoms with Gasteiger partial charge in [-0.25, -0.2) is 0 Å². The maximum absolute atomic E-state index is 12.7. The minimum Gasteiger partial charge on any atom is -0.384 e. The normalized spacial score (nSPS) is 18.0. The summed E-state index contributed by atoms with van der Waals surface area (Å²) >= 11 is 0. The zero-order chi connectivity index (χ0) is 16.3. The molecule has 1 saturated carbocycles. The van der Waals surface area contributed by atoms with Gasteiger partial charge in [0.2, 0.25) is 5.91 Å². The van der Waals surface area contributed by atoms with Gasteiger partial charge >= 0.3 is 0 Å². The second-order valence-corrected chi connectivity index (χ2v) is 6.58. The Bertz CT molecular complexity index is 648. The lowest BCUT2D eigenvalue weighted by atomic mass is 9.92. The Balaban J connectivity index is 1.68. The van der Waals surface area contributed by atoms with Gasteiger partial charge in [-0.2, -0.15) is 0 Å². The van der Waals surface area contributed by atoms with E-state index in [4.69, 9.17) is 0 Å². The van der Waals surface area contributed by atoms with Crippen molar-refractivity contribution in [2.24, 2.45) is 5.92 Å². The SMILES string of the molecule is CC(O)(CNC(=O)C(c1ccccc1)C1CC1)c1ccccc1. The van der Waals surface area contributed by atoms with Crippen LogP contribution in [-0.4, -0.2) is 17.6 Å². The second kappa shape index (κ2) is 6.55. The van der Waals surface area contributed by atoms with Gasteiger partial charge in [0.05, 0.1) is 12.5 Å². The van der Waals surface area contributed by atoms with E-state index < -0.39 is 5.60 Å². The van der Waals surface area contributed by atoms with Crippen LogP contribution in [0.4, 0.5) is 0 Å². The van der Waals surface area contributed by atoms with Gasteiger partial charge in [0.1, 0.15) is 5.60 Å². The fourth-order valence-corrected chi connectivity index (χ4v) is 3.00. The number of rotatable bonds is 6. The molecule has 3 rings (SSSR count). The molecule has 23 heavy (non-hydrogen) atoms. The molecule has 0 bridgehead atoms. The van der Waals surface area contributed by atoms with E-state index in [0.717, 1.165) is 24.0 Å². The number of aliphatic hydroxyl groups is 1. The number of hydrogen-bond donors (Lipinski definition) is 2. The Morgan fingerprint density at radius 1 is 1.13 bits per heavy atom. The van der Waals surface area contributed by atoms with Crippen molar-refractivity contribution in [1.82, 2.24) is 5.32 Å². The van der Waals surface area contributed by atoms with Crippen LogP contribution in [0.2, 0.25) is 0 Å². The number of carbonyl (C=O) groups is 1. The Labute approximate surface area is 137 Å². The molecule has 0 aliphatic heterocycles. The second-order valence-electron chi connectivity index (χ2n) is 6.58. The topological polar surface area (TPSA) is 49.3 Å². The number of amides is 1. The third kappa shape index (κ3) is 3.80. The van der Waals surface area contributed by atoms with Crippen LogP contribution in [0.5, 0.6) is 0 Å². The van der Waals surface area contributed by atoms with E-state index in [1.165, 1.54) is 0 Å². The van der Waals surface area contributed by atoms with E-state index in [1.807, 2.05) is 60.7 Å². The molecule has 2 aromatic rings. The fraction of sp³-hybridized carbons (Fsp3) is 0.350. The van der Waals surface area contributed by atoms with Crippen molar-refractivity contribution in [1.29, 1.82) is 0 Å². The smallest absolute Gasteiger partial charge is 0.227 e. The maximum atomic E-state index is 12.7. The first-order valence-corrected chi connectivity index (χ1v) is 8.18. The Morgan fingerprint density at radius 2 is 1.70 bits per heavy atom. The molecule has 1 aliphatic rings. The van der Waals surface area contributed by atoms with Gasteiger partial charge in [0, 0.05) is 0 Å². The van der Waals surface area contributed by atoms with Gasteiger partial charge in [-0.15, -0.1) is 0 Å². The van der Waals surface area contributed by atoms with Gasteiger partial charge in [0.15, 0.2) is 0 Å². The largest absolute Gasteiger partial charge is 0.384 e. The molecule has 0 aromatic heterocycles. The van der Waals surface area contributed by atoms with E-state index in [1.54, 1.807) is 6.92 Å². The van der Waals surface area contributed by atoms with Crippen molar-refractivity contribution in [2.45, 2.75) is 31.3 Å². The van der Waals surface area contributed by atoms with E-state index in [2.05, 4.69) is 5.32 Å². The molecule has 3 heteroatoms. The van der Waals surface area contributed by atoms with Gasteiger partial charge in [-0.1, -0.05) is 60.7 Å². The van der Waals surface area contributed by atoms with E-state index in [-0.39, 0.29) is 18.4 Å². The van der Waals surface area contributed by atoms with Gasteiger partial charge in [-0.3, -0.25) is 4.79 Å². The first-order chi connectivity index (χ1) is 11.1. The first kappa shape index (κ1) is 15.8. The molecule has 3 nitrogen and oxygen atoms in total. The number of benzene rings is 2. The molecular weight excluding hydrogens is 286 g/mol. The highest BCUT2D eigenvalue weighted by Gasteiger charge is 2.37. The van der Waals surface area contributed by atoms with Gasteiger partial charge < -0.3 is 10.4 Å². The van der Waals surface area contributed by atoms with Gasteiger partial charge in [0.25, 0.3) is 0 Å². The minimum absolute atomic E-state index is 0.00917.